The number of aryl methyl sites for hydroxylation is 2. The Kier molecular flexibility index (Phi) is 11.3. The molecular formula is C14H27Cl2N3OS. The zero-order valence-electron chi connectivity index (χ0n) is 13.2. The Balaban J connectivity index is 0. The van der Waals surface area contributed by atoms with Crippen LogP contribution in [0.4, 0.5) is 0 Å². The summed E-state index contributed by atoms with van der Waals surface area (Å²) >= 11 is 1.50. The van der Waals surface area contributed by atoms with Gasteiger partial charge in [0.2, 0.25) is 0 Å². The maximum Gasteiger partial charge on any atom is 0.263 e. The SMILES string of the molecule is CCCc1nc(C)c(C(=O)NC(CC)(CC)CN)s1.Cl.Cl. The van der Waals surface area contributed by atoms with Crippen LogP contribution in [0.15, 0.2) is 0 Å². The standard InChI is InChI=1S/C14H25N3OS.2ClH/c1-5-8-11-16-10(4)12(19-11)13(18)17-14(6-2,7-3)9-15;;/h5-9,15H2,1-4H3,(H,17,18);2*1H. The second-order valence-electron chi connectivity index (χ2n) is 4.92. The number of nitrogens with one attached hydrogen (secondary N) is 1. The lowest BCUT2D eigenvalue weighted by atomic mass is 9.93. The number of amides is 1. The Morgan fingerprint density at radius 1 is 1.29 bits per heavy atom. The first kappa shape index (κ1) is 22.9. The number of hydrogen-bond acceptors (Lipinski definition) is 4. The highest BCUT2D eigenvalue weighted by Gasteiger charge is 2.28. The van der Waals surface area contributed by atoms with Crippen molar-refractivity contribution in [2.45, 2.75) is 58.9 Å². The number of carbonyl (C=O) groups is 1. The molecule has 0 radical (unpaired) electrons. The van der Waals surface area contributed by atoms with Gasteiger partial charge >= 0.3 is 0 Å². The van der Waals surface area contributed by atoms with Gasteiger partial charge in [-0.1, -0.05) is 20.8 Å². The summed E-state index contributed by atoms with van der Waals surface area (Å²) in [5.41, 5.74) is 6.35. The van der Waals surface area contributed by atoms with Gasteiger partial charge in [0.15, 0.2) is 0 Å². The van der Waals surface area contributed by atoms with Crippen molar-refractivity contribution in [3.8, 4) is 0 Å². The number of nitrogens with zero attached hydrogens (tertiary/aromatic N) is 1. The van der Waals surface area contributed by atoms with Crippen LogP contribution in [0.3, 0.4) is 0 Å². The Morgan fingerprint density at radius 3 is 2.29 bits per heavy atom. The quantitative estimate of drug-likeness (QED) is 0.786. The first-order valence-electron chi connectivity index (χ1n) is 7.00. The van der Waals surface area contributed by atoms with Gasteiger partial charge in [-0.05, 0) is 32.6 Å². The van der Waals surface area contributed by atoms with Gasteiger partial charge < -0.3 is 11.1 Å². The fourth-order valence-electron chi connectivity index (χ4n) is 2.05. The van der Waals surface area contributed by atoms with Gasteiger partial charge in [-0.2, -0.15) is 0 Å². The van der Waals surface area contributed by atoms with Gasteiger partial charge in [-0.25, -0.2) is 4.98 Å². The Labute approximate surface area is 144 Å². The number of aromatic nitrogens is 1. The first-order chi connectivity index (χ1) is 9.01. The summed E-state index contributed by atoms with van der Waals surface area (Å²) in [6, 6.07) is 0. The lowest BCUT2D eigenvalue weighted by Gasteiger charge is -2.31. The van der Waals surface area contributed by atoms with Gasteiger partial charge in [0.25, 0.3) is 5.91 Å². The molecular weight excluding hydrogens is 329 g/mol. The van der Waals surface area contributed by atoms with E-state index in [1.54, 1.807) is 0 Å². The highest BCUT2D eigenvalue weighted by molar-refractivity contribution is 7.13. The Morgan fingerprint density at radius 2 is 1.86 bits per heavy atom. The lowest BCUT2D eigenvalue weighted by molar-refractivity contribution is 0.0898. The third-order valence-corrected chi connectivity index (χ3v) is 4.85. The average molecular weight is 356 g/mol. The van der Waals surface area contributed by atoms with Crippen LogP contribution < -0.4 is 11.1 Å². The number of thiazole rings is 1. The maximum absolute atomic E-state index is 12.4. The Hall–Kier alpha value is -0.360. The molecule has 0 atom stereocenters. The lowest BCUT2D eigenvalue weighted by Crippen LogP contribution is -2.52. The van der Waals surface area contributed by atoms with Crippen LogP contribution >= 0.6 is 36.2 Å². The highest BCUT2D eigenvalue weighted by atomic mass is 35.5. The topological polar surface area (TPSA) is 68.0 Å². The molecule has 1 heterocycles. The minimum absolute atomic E-state index is 0. The van der Waals surface area contributed by atoms with Gasteiger partial charge in [-0.3, -0.25) is 4.79 Å². The number of carbonyl (C=O) groups excluding carboxylic acids is 1. The Bertz CT molecular complexity index is 426. The number of nitrogens with two attached hydrogens (primary N) is 1. The van der Waals surface area contributed by atoms with E-state index in [1.807, 2.05) is 6.92 Å². The third-order valence-electron chi connectivity index (χ3n) is 3.63. The van der Waals surface area contributed by atoms with Gasteiger partial charge in [0.05, 0.1) is 16.2 Å². The predicted octanol–water partition coefficient (Wildman–Crippen LogP) is 3.49. The van der Waals surface area contributed by atoms with Crippen molar-refractivity contribution in [2.24, 2.45) is 5.73 Å². The molecule has 0 saturated carbocycles. The van der Waals surface area contributed by atoms with E-state index in [-0.39, 0.29) is 36.3 Å². The minimum Gasteiger partial charge on any atom is -0.345 e. The molecule has 1 rings (SSSR count). The summed E-state index contributed by atoms with van der Waals surface area (Å²) in [5, 5.41) is 4.14. The second-order valence-corrected chi connectivity index (χ2v) is 6.00. The molecule has 4 nitrogen and oxygen atoms in total. The van der Waals surface area contributed by atoms with E-state index in [1.165, 1.54) is 11.3 Å². The van der Waals surface area contributed by atoms with Crippen LogP contribution in [0.25, 0.3) is 0 Å². The fourth-order valence-corrected chi connectivity index (χ4v) is 3.11. The summed E-state index contributed by atoms with van der Waals surface area (Å²) in [6.07, 6.45) is 3.66. The van der Waals surface area contributed by atoms with Crippen molar-refractivity contribution in [3.63, 3.8) is 0 Å². The van der Waals surface area contributed by atoms with E-state index >= 15 is 0 Å². The van der Waals surface area contributed by atoms with Crippen LogP contribution in [0.1, 0.15) is 60.4 Å². The molecule has 0 spiro atoms. The summed E-state index contributed by atoms with van der Waals surface area (Å²) < 4.78 is 0. The molecule has 0 aliphatic rings. The molecule has 7 heteroatoms. The van der Waals surface area contributed by atoms with Crippen LogP contribution in [0.5, 0.6) is 0 Å². The number of hydrogen-bond donors (Lipinski definition) is 2. The van der Waals surface area contributed by atoms with Gasteiger partial charge in [0, 0.05) is 6.54 Å². The average Bonchev–Trinajstić information content (AvgIpc) is 2.77. The van der Waals surface area contributed by atoms with Crippen molar-refractivity contribution in [3.05, 3.63) is 15.6 Å². The van der Waals surface area contributed by atoms with Crippen molar-refractivity contribution < 1.29 is 4.79 Å². The molecule has 1 aromatic rings. The van der Waals surface area contributed by atoms with E-state index in [9.17, 15) is 4.79 Å². The first-order valence-corrected chi connectivity index (χ1v) is 7.82. The summed E-state index contributed by atoms with van der Waals surface area (Å²) in [7, 11) is 0. The van der Waals surface area contributed by atoms with E-state index in [4.69, 9.17) is 5.73 Å². The van der Waals surface area contributed by atoms with Crippen molar-refractivity contribution in [1.29, 1.82) is 0 Å². The van der Waals surface area contributed by atoms with Gasteiger partial charge in [-0.15, -0.1) is 36.2 Å². The van der Waals surface area contributed by atoms with Crippen LogP contribution in [-0.4, -0.2) is 23.0 Å². The smallest absolute Gasteiger partial charge is 0.263 e. The highest BCUT2D eigenvalue weighted by Crippen LogP contribution is 2.21. The molecule has 0 aliphatic heterocycles. The van der Waals surface area contributed by atoms with Crippen LogP contribution in [0.2, 0.25) is 0 Å². The fraction of sp³-hybridized carbons (Fsp3) is 0.714. The van der Waals surface area contributed by atoms with E-state index in [2.05, 4.69) is 31.1 Å². The second kappa shape index (κ2) is 10.4. The van der Waals surface area contributed by atoms with Gasteiger partial charge in [0.1, 0.15) is 4.88 Å². The maximum atomic E-state index is 12.4. The number of rotatable bonds is 7. The molecule has 1 aromatic heterocycles. The van der Waals surface area contributed by atoms with Crippen LogP contribution in [-0.2, 0) is 6.42 Å². The van der Waals surface area contributed by atoms with E-state index in [0.29, 0.717) is 6.54 Å². The van der Waals surface area contributed by atoms with Crippen molar-refractivity contribution in [2.75, 3.05) is 6.54 Å². The molecule has 0 fully saturated rings. The molecule has 0 aliphatic carbocycles. The largest absolute Gasteiger partial charge is 0.345 e. The summed E-state index contributed by atoms with van der Waals surface area (Å²) in [4.78, 5) is 17.6. The van der Waals surface area contributed by atoms with Crippen LogP contribution in [0, 0.1) is 6.92 Å². The molecule has 0 saturated heterocycles. The predicted molar refractivity (Wildman–Crippen MR) is 95.2 cm³/mol. The van der Waals surface area contributed by atoms with E-state index in [0.717, 1.165) is 41.3 Å². The molecule has 0 aromatic carbocycles. The zero-order chi connectivity index (χ0) is 14.5. The molecule has 124 valence electrons. The van der Waals surface area contributed by atoms with E-state index < -0.39 is 0 Å². The number of halogens is 2. The minimum atomic E-state index is -0.293. The molecule has 21 heavy (non-hydrogen) atoms. The third kappa shape index (κ3) is 5.74. The van der Waals surface area contributed by atoms with Crippen molar-refractivity contribution >= 4 is 42.1 Å². The normalized spacial score (nSPS) is 10.5. The monoisotopic (exact) mass is 355 g/mol. The zero-order valence-corrected chi connectivity index (χ0v) is 15.6. The van der Waals surface area contributed by atoms with Crippen molar-refractivity contribution in [1.82, 2.24) is 10.3 Å². The molecule has 3 N–H and O–H groups in total. The molecule has 0 bridgehead atoms. The molecule has 1 amide bonds. The molecule has 0 unspecified atom stereocenters. The summed E-state index contributed by atoms with van der Waals surface area (Å²) in [6.45, 7) is 8.58. The summed E-state index contributed by atoms with van der Waals surface area (Å²) in [5.74, 6) is -0.0356.